The van der Waals surface area contributed by atoms with Gasteiger partial charge in [0.05, 0.1) is 0 Å². The number of unbranched alkanes of at least 4 members (excludes halogenated alkanes) is 1. The lowest BCUT2D eigenvalue weighted by Crippen LogP contribution is -1.98. The second kappa shape index (κ2) is 7.09. The fourth-order valence-corrected chi connectivity index (χ4v) is 2.26. The maximum Gasteiger partial charge on any atom is -0.0318 e. The fourth-order valence-electron chi connectivity index (χ4n) is 2.26. The summed E-state index contributed by atoms with van der Waals surface area (Å²) in [6.45, 7) is 4.70. The van der Waals surface area contributed by atoms with Crippen LogP contribution in [0.2, 0.25) is 0 Å². The molecule has 82 valence electrons. The molecule has 0 heterocycles. The topological polar surface area (TPSA) is 0 Å². The molecule has 0 saturated carbocycles. The predicted octanol–water partition coefficient (Wildman–Crippen LogP) is 5.09. The molecule has 14 heavy (non-hydrogen) atoms. The zero-order valence-electron chi connectivity index (χ0n) is 10.0. The smallest absolute Gasteiger partial charge is 0.0318 e. The Bertz CT molecular complexity index is 167. The lowest BCUT2D eigenvalue weighted by atomic mass is 9.91. The van der Waals surface area contributed by atoms with Crippen molar-refractivity contribution in [3.8, 4) is 0 Å². The van der Waals surface area contributed by atoms with Gasteiger partial charge in [-0.25, -0.2) is 0 Å². The highest BCUT2D eigenvalue weighted by Gasteiger charge is 2.06. The van der Waals surface area contributed by atoms with Gasteiger partial charge in [-0.15, -0.1) is 0 Å². The maximum atomic E-state index is 2.50. The van der Waals surface area contributed by atoms with Crippen LogP contribution < -0.4 is 0 Å². The molecule has 0 aliphatic heterocycles. The van der Waals surface area contributed by atoms with E-state index >= 15 is 0 Å². The zero-order valence-corrected chi connectivity index (χ0v) is 10.0. The Morgan fingerprint density at radius 1 is 1.29 bits per heavy atom. The second-order valence-electron chi connectivity index (χ2n) is 4.89. The molecule has 0 N–H and O–H groups in total. The lowest BCUT2D eigenvalue weighted by molar-refractivity contribution is 0.465. The number of rotatable bonds is 6. The first-order valence-corrected chi connectivity index (χ1v) is 6.50. The first kappa shape index (κ1) is 11.8. The van der Waals surface area contributed by atoms with Crippen LogP contribution in [0, 0.1) is 5.92 Å². The van der Waals surface area contributed by atoms with Gasteiger partial charge in [-0.2, -0.15) is 0 Å². The molecular weight excluding hydrogens is 168 g/mol. The van der Waals surface area contributed by atoms with Crippen LogP contribution in [-0.2, 0) is 0 Å². The van der Waals surface area contributed by atoms with Gasteiger partial charge in [0, 0.05) is 0 Å². The molecule has 0 aromatic rings. The summed E-state index contributed by atoms with van der Waals surface area (Å²) >= 11 is 0. The van der Waals surface area contributed by atoms with Crippen LogP contribution >= 0.6 is 0 Å². The molecule has 0 saturated heterocycles. The van der Waals surface area contributed by atoms with E-state index in [-0.39, 0.29) is 0 Å². The van der Waals surface area contributed by atoms with E-state index < -0.39 is 0 Å². The van der Waals surface area contributed by atoms with Crippen LogP contribution in [0.4, 0.5) is 0 Å². The molecule has 1 rings (SSSR count). The summed E-state index contributed by atoms with van der Waals surface area (Å²) in [7, 11) is 0. The van der Waals surface area contributed by atoms with E-state index in [1.165, 1.54) is 57.8 Å². The van der Waals surface area contributed by atoms with E-state index in [4.69, 9.17) is 0 Å². The molecule has 1 aliphatic carbocycles. The minimum absolute atomic E-state index is 0.942. The first-order chi connectivity index (χ1) is 6.83. The Hall–Kier alpha value is -0.260. The summed E-state index contributed by atoms with van der Waals surface area (Å²) in [5.74, 6) is 0.942. The Morgan fingerprint density at radius 2 is 2.14 bits per heavy atom. The van der Waals surface area contributed by atoms with E-state index in [0.29, 0.717) is 0 Å². The summed E-state index contributed by atoms with van der Waals surface area (Å²) in [6, 6.07) is 0. The van der Waals surface area contributed by atoms with Crippen molar-refractivity contribution in [2.45, 2.75) is 71.6 Å². The number of hydrogen-bond donors (Lipinski definition) is 0. The molecule has 0 aromatic heterocycles. The third-order valence-corrected chi connectivity index (χ3v) is 3.39. The van der Waals surface area contributed by atoms with Crippen molar-refractivity contribution in [2.75, 3.05) is 0 Å². The van der Waals surface area contributed by atoms with E-state index in [2.05, 4.69) is 19.9 Å². The van der Waals surface area contributed by atoms with Gasteiger partial charge in [0.2, 0.25) is 0 Å². The van der Waals surface area contributed by atoms with Crippen molar-refractivity contribution >= 4 is 0 Å². The molecule has 0 spiro atoms. The average molecular weight is 194 g/mol. The quantitative estimate of drug-likeness (QED) is 0.516. The van der Waals surface area contributed by atoms with E-state index in [9.17, 15) is 0 Å². The van der Waals surface area contributed by atoms with E-state index in [0.717, 1.165) is 5.92 Å². The van der Waals surface area contributed by atoms with E-state index in [1.54, 1.807) is 5.57 Å². The highest BCUT2D eigenvalue weighted by molar-refractivity contribution is 5.04. The zero-order chi connectivity index (χ0) is 10.2. The van der Waals surface area contributed by atoms with Crippen LogP contribution in [-0.4, -0.2) is 0 Å². The third-order valence-electron chi connectivity index (χ3n) is 3.39. The normalized spacial score (nSPS) is 19.1. The summed E-state index contributed by atoms with van der Waals surface area (Å²) in [6.07, 6.45) is 15.1. The first-order valence-electron chi connectivity index (χ1n) is 6.50. The van der Waals surface area contributed by atoms with Crippen LogP contribution in [0.3, 0.4) is 0 Å². The largest absolute Gasteiger partial charge is 0.0853 e. The monoisotopic (exact) mass is 194 g/mol. The van der Waals surface area contributed by atoms with Gasteiger partial charge in [0.15, 0.2) is 0 Å². The van der Waals surface area contributed by atoms with Crippen LogP contribution in [0.5, 0.6) is 0 Å². The van der Waals surface area contributed by atoms with Crippen LogP contribution in [0.1, 0.15) is 71.6 Å². The minimum atomic E-state index is 0.942. The van der Waals surface area contributed by atoms with Crippen molar-refractivity contribution in [2.24, 2.45) is 5.92 Å². The summed E-state index contributed by atoms with van der Waals surface area (Å²) < 4.78 is 0. The molecule has 0 radical (unpaired) electrons. The van der Waals surface area contributed by atoms with Crippen molar-refractivity contribution in [3.63, 3.8) is 0 Å². The summed E-state index contributed by atoms with van der Waals surface area (Å²) in [5, 5.41) is 0. The molecule has 1 aliphatic rings. The Balaban J connectivity index is 2.09. The molecule has 0 heteroatoms. The third kappa shape index (κ3) is 4.83. The number of hydrogen-bond acceptors (Lipinski definition) is 0. The van der Waals surface area contributed by atoms with Gasteiger partial charge >= 0.3 is 0 Å². The second-order valence-corrected chi connectivity index (χ2v) is 4.89. The predicted molar refractivity (Wildman–Crippen MR) is 64.5 cm³/mol. The van der Waals surface area contributed by atoms with Crippen molar-refractivity contribution in [1.82, 2.24) is 0 Å². The van der Waals surface area contributed by atoms with Gasteiger partial charge in [-0.3, -0.25) is 0 Å². The summed E-state index contributed by atoms with van der Waals surface area (Å²) in [5.41, 5.74) is 1.75. The van der Waals surface area contributed by atoms with Crippen molar-refractivity contribution in [1.29, 1.82) is 0 Å². The maximum absolute atomic E-state index is 2.50. The molecule has 0 bridgehead atoms. The van der Waals surface area contributed by atoms with Crippen LogP contribution in [0.25, 0.3) is 0 Å². The van der Waals surface area contributed by atoms with E-state index in [1.807, 2.05) is 0 Å². The highest BCUT2D eigenvalue weighted by Crippen LogP contribution is 2.24. The van der Waals surface area contributed by atoms with Gasteiger partial charge in [-0.1, -0.05) is 44.8 Å². The van der Waals surface area contributed by atoms with Crippen molar-refractivity contribution < 1.29 is 0 Å². The summed E-state index contributed by atoms with van der Waals surface area (Å²) in [4.78, 5) is 0. The standard InChI is InChI=1S/C14H26/c1-3-4-8-13(2)11-12-14-9-6-5-7-10-14/h9,13H,3-8,10-12H2,1-2H3. The molecule has 1 atom stereocenters. The average Bonchev–Trinajstić information content (AvgIpc) is 2.25. The molecule has 0 aromatic carbocycles. The number of allylic oxidation sites excluding steroid dienone is 2. The van der Waals surface area contributed by atoms with Gasteiger partial charge in [0.1, 0.15) is 0 Å². The fraction of sp³-hybridized carbons (Fsp3) is 0.857. The molecular formula is C14H26. The molecule has 0 nitrogen and oxygen atoms in total. The molecule has 0 amide bonds. The Kier molecular flexibility index (Phi) is 5.98. The Morgan fingerprint density at radius 3 is 2.79 bits per heavy atom. The lowest BCUT2D eigenvalue weighted by Gasteiger charge is -2.15. The van der Waals surface area contributed by atoms with Crippen LogP contribution in [0.15, 0.2) is 11.6 Å². The highest BCUT2D eigenvalue weighted by atomic mass is 14.1. The molecule has 0 fully saturated rings. The van der Waals surface area contributed by atoms with Gasteiger partial charge < -0.3 is 0 Å². The minimum Gasteiger partial charge on any atom is -0.0853 e. The Labute approximate surface area is 89.8 Å². The van der Waals surface area contributed by atoms with Crippen molar-refractivity contribution in [3.05, 3.63) is 11.6 Å². The van der Waals surface area contributed by atoms with Gasteiger partial charge in [0.25, 0.3) is 0 Å². The van der Waals surface area contributed by atoms with Gasteiger partial charge in [-0.05, 0) is 44.4 Å². The molecule has 1 unspecified atom stereocenters. The SMILES string of the molecule is CCCCC(C)CCC1=CCCCC1.